The van der Waals surface area contributed by atoms with Crippen molar-refractivity contribution in [1.82, 2.24) is 5.32 Å². The average molecular weight is 261 g/mol. The summed E-state index contributed by atoms with van der Waals surface area (Å²) in [6.45, 7) is 4.90. The van der Waals surface area contributed by atoms with Crippen LogP contribution < -0.4 is 16.0 Å². The zero-order chi connectivity index (χ0) is 14.0. The fraction of sp³-hybridized carbons (Fsp3) is 0.429. The molecule has 1 aromatic rings. The van der Waals surface area contributed by atoms with Gasteiger partial charge in [0, 0.05) is 24.3 Å². The van der Waals surface area contributed by atoms with Crippen LogP contribution in [0.15, 0.2) is 24.3 Å². The molecule has 2 rings (SSSR count). The van der Waals surface area contributed by atoms with Crippen LogP contribution in [0.4, 0.5) is 5.69 Å². The number of carbonyl (C=O) groups excluding carboxylic acids is 2. The molecule has 5 nitrogen and oxygen atoms in total. The fourth-order valence-electron chi connectivity index (χ4n) is 2.19. The predicted molar refractivity (Wildman–Crippen MR) is 73.8 cm³/mol. The second kappa shape index (κ2) is 5.01. The third-order valence-electron chi connectivity index (χ3n) is 2.94. The molecular formula is C14H19N3O2. The summed E-state index contributed by atoms with van der Waals surface area (Å²) in [4.78, 5) is 24.7. The molecule has 102 valence electrons. The Hall–Kier alpha value is -1.88. The molecular weight excluding hydrogens is 242 g/mol. The second-order valence-electron chi connectivity index (χ2n) is 5.55. The summed E-state index contributed by atoms with van der Waals surface area (Å²) in [7, 11) is 0. The third-order valence-corrected chi connectivity index (χ3v) is 2.94. The molecule has 1 aliphatic heterocycles. The highest BCUT2D eigenvalue weighted by atomic mass is 16.2. The highest BCUT2D eigenvalue weighted by Gasteiger charge is 2.27. The Balaban J connectivity index is 2.23. The van der Waals surface area contributed by atoms with E-state index in [-0.39, 0.29) is 5.54 Å². The van der Waals surface area contributed by atoms with E-state index < -0.39 is 11.8 Å². The number of amides is 2. The third kappa shape index (κ3) is 3.32. The van der Waals surface area contributed by atoms with Crippen molar-refractivity contribution in [3.05, 3.63) is 29.8 Å². The van der Waals surface area contributed by atoms with Crippen LogP contribution >= 0.6 is 0 Å². The van der Waals surface area contributed by atoms with Gasteiger partial charge in [-0.2, -0.15) is 0 Å². The van der Waals surface area contributed by atoms with Gasteiger partial charge in [0.1, 0.15) is 0 Å². The van der Waals surface area contributed by atoms with Gasteiger partial charge in [0.2, 0.25) is 0 Å². The van der Waals surface area contributed by atoms with Crippen molar-refractivity contribution in [2.45, 2.75) is 25.8 Å². The van der Waals surface area contributed by atoms with Gasteiger partial charge in [0.25, 0.3) is 0 Å². The first-order valence-electron chi connectivity index (χ1n) is 6.34. The fourth-order valence-corrected chi connectivity index (χ4v) is 2.19. The molecule has 0 bridgehead atoms. The van der Waals surface area contributed by atoms with E-state index in [4.69, 9.17) is 5.73 Å². The Kier molecular flexibility index (Phi) is 3.57. The number of carbonyl (C=O) groups is 2. The van der Waals surface area contributed by atoms with Gasteiger partial charge in [-0.05, 0) is 38.0 Å². The number of benzene rings is 1. The monoisotopic (exact) mass is 261 g/mol. The van der Waals surface area contributed by atoms with E-state index in [1.807, 2.05) is 38.1 Å². The normalized spacial score (nSPS) is 16.5. The van der Waals surface area contributed by atoms with Gasteiger partial charge in [0.15, 0.2) is 0 Å². The number of rotatable bonds is 3. The largest absolute Gasteiger partial charge is 0.346 e. The van der Waals surface area contributed by atoms with Gasteiger partial charge in [-0.25, -0.2) is 0 Å². The van der Waals surface area contributed by atoms with E-state index in [0.717, 1.165) is 17.7 Å². The summed E-state index contributed by atoms with van der Waals surface area (Å²) in [5, 5.41) is 2.53. The van der Waals surface area contributed by atoms with E-state index in [1.54, 1.807) is 0 Å². The van der Waals surface area contributed by atoms with Crippen LogP contribution in [0.5, 0.6) is 0 Å². The van der Waals surface area contributed by atoms with Gasteiger partial charge >= 0.3 is 11.8 Å². The van der Waals surface area contributed by atoms with E-state index in [1.165, 1.54) is 4.90 Å². The average Bonchev–Trinajstić information content (AvgIpc) is 2.31. The minimum absolute atomic E-state index is 0.304. The summed E-state index contributed by atoms with van der Waals surface area (Å²) in [6.07, 6.45) is 0.717. The Morgan fingerprint density at radius 1 is 1.37 bits per heavy atom. The summed E-state index contributed by atoms with van der Waals surface area (Å²) < 4.78 is 0. The van der Waals surface area contributed by atoms with Gasteiger partial charge in [-0.3, -0.25) is 9.59 Å². The molecule has 1 aromatic carbocycles. The highest BCUT2D eigenvalue weighted by Crippen LogP contribution is 2.20. The van der Waals surface area contributed by atoms with E-state index in [0.29, 0.717) is 13.1 Å². The molecule has 0 aromatic heterocycles. The first kappa shape index (κ1) is 13.5. The molecule has 0 atom stereocenters. The van der Waals surface area contributed by atoms with Crippen molar-refractivity contribution >= 4 is 17.5 Å². The van der Waals surface area contributed by atoms with Crippen LogP contribution in [-0.4, -0.2) is 30.4 Å². The standard InChI is InChI=1S/C14H19N3O2/c1-14(2,15)9-10-4-3-5-11(8-10)17-7-6-16-12(18)13(17)19/h3-5,8H,6-7,9,15H2,1-2H3,(H,16,18). The summed E-state index contributed by atoms with van der Waals surface area (Å²) >= 11 is 0. The van der Waals surface area contributed by atoms with Crippen molar-refractivity contribution in [1.29, 1.82) is 0 Å². The molecule has 2 amide bonds. The maximum Gasteiger partial charge on any atom is 0.316 e. The molecule has 0 unspecified atom stereocenters. The molecule has 1 saturated heterocycles. The second-order valence-corrected chi connectivity index (χ2v) is 5.55. The number of piperazine rings is 1. The van der Waals surface area contributed by atoms with Crippen molar-refractivity contribution in [3.8, 4) is 0 Å². The number of nitrogens with zero attached hydrogens (tertiary/aromatic N) is 1. The topological polar surface area (TPSA) is 75.4 Å². The van der Waals surface area contributed by atoms with Crippen molar-refractivity contribution in [2.24, 2.45) is 5.73 Å². The molecule has 1 heterocycles. The van der Waals surface area contributed by atoms with Crippen molar-refractivity contribution in [3.63, 3.8) is 0 Å². The number of nitrogens with one attached hydrogen (secondary N) is 1. The lowest BCUT2D eigenvalue weighted by Crippen LogP contribution is -2.52. The minimum atomic E-state index is -0.546. The number of hydrogen-bond acceptors (Lipinski definition) is 3. The van der Waals surface area contributed by atoms with Crippen LogP contribution in [0.25, 0.3) is 0 Å². The molecule has 19 heavy (non-hydrogen) atoms. The van der Waals surface area contributed by atoms with E-state index >= 15 is 0 Å². The number of anilines is 1. The van der Waals surface area contributed by atoms with Gasteiger partial charge in [-0.15, -0.1) is 0 Å². The first-order chi connectivity index (χ1) is 8.87. The van der Waals surface area contributed by atoms with Crippen LogP contribution in [0, 0.1) is 0 Å². The molecule has 0 radical (unpaired) electrons. The predicted octanol–water partition coefficient (Wildman–Crippen LogP) is 0.429. The van der Waals surface area contributed by atoms with Crippen LogP contribution in [0.2, 0.25) is 0 Å². The molecule has 5 heteroatoms. The smallest absolute Gasteiger partial charge is 0.316 e. The Morgan fingerprint density at radius 3 is 2.79 bits per heavy atom. The van der Waals surface area contributed by atoms with Gasteiger partial charge in [0.05, 0.1) is 0 Å². The van der Waals surface area contributed by atoms with Crippen LogP contribution in [0.3, 0.4) is 0 Å². The van der Waals surface area contributed by atoms with E-state index in [2.05, 4.69) is 5.32 Å². The maximum atomic E-state index is 11.8. The SMILES string of the molecule is CC(C)(N)Cc1cccc(N2CCNC(=O)C2=O)c1. The molecule has 0 saturated carbocycles. The highest BCUT2D eigenvalue weighted by molar-refractivity contribution is 6.41. The zero-order valence-corrected chi connectivity index (χ0v) is 11.3. The lowest BCUT2D eigenvalue weighted by molar-refractivity contribution is -0.138. The quantitative estimate of drug-likeness (QED) is 0.775. The number of nitrogens with two attached hydrogens (primary N) is 1. The molecule has 1 fully saturated rings. The Labute approximate surface area is 112 Å². The van der Waals surface area contributed by atoms with Crippen molar-refractivity contribution < 1.29 is 9.59 Å². The molecule has 1 aliphatic rings. The van der Waals surface area contributed by atoms with Gasteiger partial charge in [-0.1, -0.05) is 12.1 Å². The van der Waals surface area contributed by atoms with Crippen molar-refractivity contribution in [2.75, 3.05) is 18.0 Å². The molecule has 0 spiro atoms. The Morgan fingerprint density at radius 2 is 2.11 bits per heavy atom. The van der Waals surface area contributed by atoms with Crippen LogP contribution in [0.1, 0.15) is 19.4 Å². The summed E-state index contributed by atoms with van der Waals surface area (Å²) in [6, 6.07) is 7.62. The molecule has 3 N–H and O–H groups in total. The summed E-state index contributed by atoms with van der Waals surface area (Å²) in [5.74, 6) is -1.05. The van der Waals surface area contributed by atoms with Crippen LogP contribution in [-0.2, 0) is 16.0 Å². The molecule has 0 aliphatic carbocycles. The van der Waals surface area contributed by atoms with E-state index in [9.17, 15) is 9.59 Å². The Bertz CT molecular complexity index is 506. The summed E-state index contributed by atoms with van der Waals surface area (Å²) in [5.41, 5.74) is 7.51. The van der Waals surface area contributed by atoms with Gasteiger partial charge < -0.3 is 16.0 Å². The lowest BCUT2D eigenvalue weighted by Gasteiger charge is -2.27. The minimum Gasteiger partial charge on any atom is -0.346 e. The number of hydrogen-bond donors (Lipinski definition) is 2. The maximum absolute atomic E-state index is 11.8. The zero-order valence-electron chi connectivity index (χ0n) is 11.3. The lowest BCUT2D eigenvalue weighted by atomic mass is 9.96. The first-order valence-corrected chi connectivity index (χ1v) is 6.34.